The minimum Gasteiger partial charge on any atom is -0.480 e. The van der Waals surface area contributed by atoms with Gasteiger partial charge in [-0.1, -0.05) is 6.92 Å². The summed E-state index contributed by atoms with van der Waals surface area (Å²) in [6.45, 7) is 6.27. The first-order valence-corrected chi connectivity index (χ1v) is 8.62. The highest BCUT2D eigenvalue weighted by atomic mass is 79.9. The minimum atomic E-state index is -3.81. The molecule has 8 heteroatoms. The zero-order chi connectivity index (χ0) is 15.0. The van der Waals surface area contributed by atoms with Crippen molar-refractivity contribution in [2.75, 3.05) is 6.54 Å². The van der Waals surface area contributed by atoms with Gasteiger partial charge in [-0.3, -0.25) is 4.79 Å². The maximum absolute atomic E-state index is 12.5. The van der Waals surface area contributed by atoms with Gasteiger partial charge in [0.1, 0.15) is 9.75 Å². The van der Waals surface area contributed by atoms with Crippen molar-refractivity contribution in [2.24, 2.45) is 0 Å². The lowest BCUT2D eigenvalue weighted by atomic mass is 10.1. The van der Waals surface area contributed by atoms with Crippen LogP contribution >= 0.6 is 27.3 Å². The molecule has 0 saturated heterocycles. The number of halogens is 1. The van der Waals surface area contributed by atoms with Crippen LogP contribution in [0.25, 0.3) is 0 Å². The third kappa shape index (κ3) is 3.01. The fourth-order valence-corrected chi connectivity index (χ4v) is 5.73. The van der Waals surface area contributed by atoms with Gasteiger partial charge in [0.25, 0.3) is 10.0 Å². The molecule has 0 atom stereocenters. The van der Waals surface area contributed by atoms with Crippen molar-refractivity contribution < 1.29 is 18.3 Å². The predicted octanol–water partition coefficient (Wildman–Crippen LogP) is 2.69. The summed E-state index contributed by atoms with van der Waals surface area (Å²) in [6.07, 6.45) is 0. The molecule has 1 N–H and O–H groups in total. The van der Waals surface area contributed by atoms with Crippen LogP contribution in [0.4, 0.5) is 0 Å². The highest BCUT2D eigenvalue weighted by molar-refractivity contribution is 9.11. The zero-order valence-electron chi connectivity index (χ0n) is 11.1. The molecule has 1 rings (SSSR count). The lowest BCUT2D eigenvalue weighted by Crippen LogP contribution is -2.52. The molecule has 5 nitrogen and oxygen atoms in total. The lowest BCUT2D eigenvalue weighted by Gasteiger charge is -2.32. The van der Waals surface area contributed by atoms with Crippen LogP contribution in [-0.4, -0.2) is 35.9 Å². The van der Waals surface area contributed by atoms with Crippen LogP contribution in [0.2, 0.25) is 0 Å². The number of nitrogens with zero attached hydrogens (tertiary/aromatic N) is 1. The highest BCUT2D eigenvalue weighted by Crippen LogP contribution is 2.34. The average Bonchev–Trinajstić information content (AvgIpc) is 2.59. The van der Waals surface area contributed by atoms with Crippen LogP contribution in [0, 0.1) is 6.92 Å². The van der Waals surface area contributed by atoms with Gasteiger partial charge in [-0.15, -0.1) is 11.3 Å². The SMILES string of the molecule is CCN(C(C)(C)C(=O)O)S(=O)(=O)c1cc(C)c(Br)s1. The number of thiophene rings is 1. The molecule has 19 heavy (non-hydrogen) atoms. The largest absolute Gasteiger partial charge is 0.480 e. The highest BCUT2D eigenvalue weighted by Gasteiger charge is 2.42. The zero-order valence-corrected chi connectivity index (χ0v) is 14.3. The maximum atomic E-state index is 12.5. The van der Waals surface area contributed by atoms with E-state index in [4.69, 9.17) is 0 Å². The van der Waals surface area contributed by atoms with Crippen molar-refractivity contribution >= 4 is 43.3 Å². The number of carboxylic acids is 1. The Balaban J connectivity index is 3.35. The summed E-state index contributed by atoms with van der Waals surface area (Å²) in [5, 5.41) is 9.20. The molecular formula is C11H16BrNO4S2. The van der Waals surface area contributed by atoms with E-state index in [0.717, 1.165) is 25.0 Å². The number of aryl methyl sites for hydroxylation is 1. The van der Waals surface area contributed by atoms with E-state index in [-0.39, 0.29) is 10.8 Å². The minimum absolute atomic E-state index is 0.0935. The van der Waals surface area contributed by atoms with Crippen molar-refractivity contribution in [3.63, 3.8) is 0 Å². The molecule has 0 bridgehead atoms. The number of aliphatic carboxylic acids is 1. The normalized spacial score (nSPS) is 12.9. The molecule has 0 aliphatic heterocycles. The fraction of sp³-hybridized carbons (Fsp3) is 0.545. The summed E-state index contributed by atoms with van der Waals surface area (Å²) >= 11 is 4.37. The van der Waals surface area contributed by atoms with Crippen LogP contribution in [-0.2, 0) is 14.8 Å². The summed E-state index contributed by atoms with van der Waals surface area (Å²) in [7, 11) is -3.81. The summed E-state index contributed by atoms with van der Waals surface area (Å²) in [4.78, 5) is 11.3. The second-order valence-electron chi connectivity index (χ2n) is 4.56. The number of rotatable bonds is 5. The van der Waals surface area contributed by atoms with Crippen LogP contribution in [0.3, 0.4) is 0 Å². The van der Waals surface area contributed by atoms with Crippen LogP contribution in [0.1, 0.15) is 26.3 Å². The molecular weight excluding hydrogens is 354 g/mol. The van der Waals surface area contributed by atoms with E-state index in [9.17, 15) is 18.3 Å². The monoisotopic (exact) mass is 369 g/mol. The first kappa shape index (κ1) is 16.6. The quantitative estimate of drug-likeness (QED) is 0.865. The Morgan fingerprint density at radius 2 is 2.05 bits per heavy atom. The van der Waals surface area contributed by atoms with Crippen molar-refractivity contribution in [2.45, 2.75) is 37.4 Å². The molecule has 1 heterocycles. The summed E-state index contributed by atoms with van der Waals surface area (Å²) in [5.41, 5.74) is -0.675. The fourth-order valence-electron chi connectivity index (χ4n) is 1.64. The van der Waals surface area contributed by atoms with Crippen molar-refractivity contribution in [3.05, 3.63) is 15.4 Å². The Morgan fingerprint density at radius 3 is 2.37 bits per heavy atom. The molecule has 0 aliphatic rings. The summed E-state index contributed by atoms with van der Waals surface area (Å²) in [5.74, 6) is -1.18. The third-order valence-electron chi connectivity index (χ3n) is 2.81. The van der Waals surface area contributed by atoms with Gasteiger partial charge in [-0.2, -0.15) is 4.31 Å². The first-order chi connectivity index (χ1) is 8.55. The number of carbonyl (C=O) groups is 1. The van der Waals surface area contributed by atoms with Crippen LogP contribution in [0.15, 0.2) is 14.1 Å². The average molecular weight is 370 g/mol. The van der Waals surface area contributed by atoms with Crippen LogP contribution in [0.5, 0.6) is 0 Å². The molecule has 0 radical (unpaired) electrons. The van der Waals surface area contributed by atoms with E-state index in [2.05, 4.69) is 15.9 Å². The number of likely N-dealkylation sites (N-methyl/N-ethyl adjacent to an activating group) is 1. The van der Waals surface area contributed by atoms with E-state index < -0.39 is 21.5 Å². The molecule has 0 saturated carbocycles. The van der Waals surface area contributed by atoms with Gasteiger partial charge in [-0.25, -0.2) is 8.42 Å². The van der Waals surface area contributed by atoms with E-state index >= 15 is 0 Å². The van der Waals surface area contributed by atoms with E-state index in [1.807, 2.05) is 0 Å². The summed E-state index contributed by atoms with van der Waals surface area (Å²) in [6, 6.07) is 1.55. The number of sulfonamides is 1. The standard InChI is InChI=1S/C11H16BrNO4S2/c1-5-13(11(3,4)10(14)15)19(16,17)8-6-7(2)9(12)18-8/h6H,5H2,1-4H3,(H,14,15). The Labute approximate surface area is 125 Å². The van der Waals surface area contributed by atoms with Gasteiger partial charge in [0, 0.05) is 6.54 Å². The molecule has 0 aliphatic carbocycles. The van der Waals surface area contributed by atoms with E-state index in [0.29, 0.717) is 0 Å². The predicted molar refractivity (Wildman–Crippen MR) is 78.0 cm³/mol. The molecule has 108 valence electrons. The van der Waals surface area contributed by atoms with Crippen molar-refractivity contribution in [1.29, 1.82) is 0 Å². The second-order valence-corrected chi connectivity index (χ2v) is 9.02. The number of hydrogen-bond acceptors (Lipinski definition) is 4. The van der Waals surface area contributed by atoms with E-state index in [1.54, 1.807) is 19.9 Å². The van der Waals surface area contributed by atoms with Crippen molar-refractivity contribution in [1.82, 2.24) is 4.31 Å². The number of hydrogen-bond donors (Lipinski definition) is 1. The van der Waals surface area contributed by atoms with Crippen LogP contribution < -0.4 is 0 Å². The van der Waals surface area contributed by atoms with Gasteiger partial charge in [0.2, 0.25) is 0 Å². The topological polar surface area (TPSA) is 74.7 Å². The van der Waals surface area contributed by atoms with Gasteiger partial charge in [0.05, 0.1) is 3.79 Å². The molecule has 0 aromatic carbocycles. The second kappa shape index (κ2) is 5.51. The first-order valence-electron chi connectivity index (χ1n) is 5.57. The summed E-state index contributed by atoms with van der Waals surface area (Å²) < 4.78 is 26.9. The van der Waals surface area contributed by atoms with Gasteiger partial charge < -0.3 is 5.11 Å². The Hall–Kier alpha value is -0.440. The lowest BCUT2D eigenvalue weighted by molar-refractivity contribution is -0.146. The molecule has 0 unspecified atom stereocenters. The van der Waals surface area contributed by atoms with Crippen molar-refractivity contribution in [3.8, 4) is 0 Å². The van der Waals surface area contributed by atoms with Gasteiger partial charge in [-0.05, 0) is 48.3 Å². The smallest absolute Gasteiger partial charge is 0.324 e. The Bertz CT molecular complexity index is 572. The molecule has 1 aromatic heterocycles. The molecule has 0 spiro atoms. The van der Waals surface area contributed by atoms with Gasteiger partial charge >= 0.3 is 5.97 Å². The third-order valence-corrected chi connectivity index (χ3v) is 7.55. The van der Waals surface area contributed by atoms with E-state index in [1.165, 1.54) is 13.8 Å². The Morgan fingerprint density at radius 1 is 1.53 bits per heavy atom. The number of carboxylic acid groups (broad SMARTS) is 1. The van der Waals surface area contributed by atoms with Gasteiger partial charge in [0.15, 0.2) is 0 Å². The molecule has 1 aromatic rings. The molecule has 0 amide bonds. The molecule has 0 fully saturated rings. The Kier molecular flexibility index (Phi) is 4.82. The maximum Gasteiger partial charge on any atom is 0.324 e.